The maximum Gasteiger partial charge on any atom is 0.320 e. The molecule has 8 nitrogen and oxygen atoms in total. The average molecular weight is 434 g/mol. The number of nitrogens with one attached hydrogen (secondary N) is 1. The zero-order valence-corrected chi connectivity index (χ0v) is 17.8. The van der Waals surface area contributed by atoms with Crippen molar-refractivity contribution in [3.8, 4) is 0 Å². The van der Waals surface area contributed by atoms with Gasteiger partial charge in [-0.15, -0.1) is 12.4 Å². The summed E-state index contributed by atoms with van der Waals surface area (Å²) in [5.41, 5.74) is 0.372. The van der Waals surface area contributed by atoms with E-state index in [9.17, 15) is 23.1 Å². The van der Waals surface area contributed by atoms with Gasteiger partial charge in [-0.05, 0) is 37.6 Å². The van der Waals surface area contributed by atoms with E-state index in [0.29, 0.717) is 31.7 Å². The third-order valence-electron chi connectivity index (χ3n) is 4.71. The van der Waals surface area contributed by atoms with E-state index in [1.54, 1.807) is 30.9 Å². The van der Waals surface area contributed by atoms with Crippen LogP contribution in [0.4, 0.5) is 5.69 Å². The molecule has 2 rings (SSSR count). The summed E-state index contributed by atoms with van der Waals surface area (Å²) >= 11 is 0. The summed E-state index contributed by atoms with van der Waals surface area (Å²) in [6, 6.07) is 5.46. The quantitative estimate of drug-likeness (QED) is 0.649. The number of halogens is 1. The second kappa shape index (κ2) is 10.8. The number of carbonyl (C=O) groups is 2. The first-order chi connectivity index (χ1) is 12.8. The van der Waals surface area contributed by atoms with Crippen molar-refractivity contribution in [2.24, 2.45) is 0 Å². The molecule has 1 unspecified atom stereocenters. The lowest BCUT2D eigenvalue weighted by Gasteiger charge is -2.32. The fraction of sp³-hybridized carbons (Fsp3) is 0.556. The molecule has 10 heteroatoms. The molecule has 158 valence electrons. The molecule has 2 N–H and O–H groups in total. The number of carbonyl (C=O) groups excluding carboxylic acids is 1. The van der Waals surface area contributed by atoms with Crippen molar-refractivity contribution in [3.63, 3.8) is 0 Å². The van der Waals surface area contributed by atoms with Crippen molar-refractivity contribution >= 4 is 40.0 Å². The highest BCUT2D eigenvalue weighted by Gasteiger charge is 2.29. The van der Waals surface area contributed by atoms with Crippen LogP contribution in [0.3, 0.4) is 0 Å². The Bertz CT molecular complexity index is 783. The van der Waals surface area contributed by atoms with E-state index < -0.39 is 22.0 Å². The number of nitrogens with zero attached hydrogens (tertiary/aromatic N) is 2. The summed E-state index contributed by atoms with van der Waals surface area (Å²) in [5, 5.41) is 12.0. The molecular formula is C18H28ClN3O5S. The van der Waals surface area contributed by atoms with Gasteiger partial charge in [-0.1, -0.05) is 26.3 Å². The Morgan fingerprint density at radius 2 is 1.93 bits per heavy atom. The Kier molecular flexibility index (Phi) is 9.35. The molecule has 0 saturated carbocycles. The highest BCUT2D eigenvalue weighted by Crippen LogP contribution is 2.20. The number of amides is 1. The van der Waals surface area contributed by atoms with Gasteiger partial charge in [0.05, 0.1) is 11.4 Å². The van der Waals surface area contributed by atoms with Crippen molar-refractivity contribution in [2.75, 3.05) is 31.5 Å². The van der Waals surface area contributed by atoms with Crippen LogP contribution in [0.15, 0.2) is 29.2 Å². The molecule has 1 heterocycles. The predicted octanol–water partition coefficient (Wildman–Crippen LogP) is 2.02. The monoisotopic (exact) mass is 433 g/mol. The van der Waals surface area contributed by atoms with Crippen molar-refractivity contribution in [1.29, 1.82) is 0 Å². The number of carboxylic acids is 1. The largest absolute Gasteiger partial charge is 0.480 e. The number of anilines is 1. The standard InChI is InChI=1S/C18H27N3O5S.ClH/c1-3-21(4-2)27(25,26)15-9-7-8-14(12-15)19-17(22)13-20-11-6-5-10-16(20)18(23)24;/h7-9,12,16H,3-6,10-11,13H2,1-2H3,(H,19,22)(H,23,24);1H. The molecule has 1 aliphatic heterocycles. The molecule has 1 aromatic rings. The van der Waals surface area contributed by atoms with E-state index in [4.69, 9.17) is 0 Å². The van der Waals surface area contributed by atoms with Crippen LogP contribution in [-0.4, -0.2) is 66.8 Å². The number of sulfonamides is 1. The Hall–Kier alpha value is -1.68. The minimum Gasteiger partial charge on any atom is -0.480 e. The lowest BCUT2D eigenvalue weighted by Crippen LogP contribution is -2.47. The minimum atomic E-state index is -3.61. The van der Waals surface area contributed by atoms with Gasteiger partial charge < -0.3 is 10.4 Å². The summed E-state index contributed by atoms with van der Waals surface area (Å²) in [5.74, 6) is -1.28. The molecule has 0 aromatic heterocycles. The number of aliphatic carboxylic acids is 1. The van der Waals surface area contributed by atoms with Gasteiger partial charge in [0.2, 0.25) is 15.9 Å². The normalized spacial score (nSPS) is 17.8. The molecule has 0 aliphatic carbocycles. The van der Waals surface area contributed by atoms with Crippen LogP contribution in [0.2, 0.25) is 0 Å². The second-order valence-corrected chi connectivity index (χ2v) is 8.42. The van der Waals surface area contributed by atoms with Gasteiger partial charge >= 0.3 is 5.97 Å². The van der Waals surface area contributed by atoms with Crippen LogP contribution in [0.1, 0.15) is 33.1 Å². The maximum absolute atomic E-state index is 12.6. The third kappa shape index (κ3) is 5.91. The SMILES string of the molecule is CCN(CC)S(=O)(=O)c1cccc(NC(=O)CN2CCCCC2C(=O)O)c1.Cl. The highest BCUT2D eigenvalue weighted by atomic mass is 35.5. The Labute approximate surface area is 172 Å². The molecule has 1 aromatic carbocycles. The molecule has 1 atom stereocenters. The lowest BCUT2D eigenvalue weighted by molar-refractivity contribution is -0.145. The van der Waals surface area contributed by atoms with Crippen LogP contribution in [-0.2, 0) is 19.6 Å². The highest BCUT2D eigenvalue weighted by molar-refractivity contribution is 7.89. The fourth-order valence-electron chi connectivity index (χ4n) is 3.29. The van der Waals surface area contributed by atoms with Crippen molar-refractivity contribution in [1.82, 2.24) is 9.21 Å². The van der Waals surface area contributed by atoms with E-state index in [1.807, 2.05) is 0 Å². The molecule has 1 amide bonds. The molecule has 1 fully saturated rings. The van der Waals surface area contributed by atoms with E-state index in [-0.39, 0.29) is 29.8 Å². The van der Waals surface area contributed by atoms with Gasteiger partial charge in [0.1, 0.15) is 6.04 Å². The number of hydrogen-bond donors (Lipinski definition) is 2. The van der Waals surface area contributed by atoms with Crippen LogP contribution in [0.25, 0.3) is 0 Å². The number of hydrogen-bond acceptors (Lipinski definition) is 5. The van der Waals surface area contributed by atoms with E-state index in [2.05, 4.69) is 5.32 Å². The van der Waals surface area contributed by atoms with Gasteiger partial charge in [0.15, 0.2) is 0 Å². The Balaban J connectivity index is 0.00000392. The molecule has 0 radical (unpaired) electrons. The van der Waals surface area contributed by atoms with Gasteiger partial charge in [0.25, 0.3) is 0 Å². The summed E-state index contributed by atoms with van der Waals surface area (Å²) in [6.45, 7) is 4.78. The molecule has 28 heavy (non-hydrogen) atoms. The smallest absolute Gasteiger partial charge is 0.320 e. The van der Waals surface area contributed by atoms with Crippen LogP contribution in [0.5, 0.6) is 0 Å². The third-order valence-corrected chi connectivity index (χ3v) is 6.75. The first kappa shape index (κ1) is 24.4. The molecule has 0 bridgehead atoms. The van der Waals surface area contributed by atoms with Gasteiger partial charge in [0, 0.05) is 18.8 Å². The first-order valence-corrected chi connectivity index (χ1v) is 10.6. The summed E-state index contributed by atoms with van der Waals surface area (Å²) in [7, 11) is -3.61. The van der Waals surface area contributed by atoms with Crippen molar-refractivity contribution in [3.05, 3.63) is 24.3 Å². The Morgan fingerprint density at radius 1 is 1.25 bits per heavy atom. The lowest BCUT2D eigenvalue weighted by atomic mass is 10.0. The fourth-order valence-corrected chi connectivity index (χ4v) is 4.80. The van der Waals surface area contributed by atoms with Crippen molar-refractivity contribution in [2.45, 2.75) is 44.0 Å². The zero-order valence-electron chi connectivity index (χ0n) is 16.1. The topological polar surface area (TPSA) is 107 Å². The summed E-state index contributed by atoms with van der Waals surface area (Å²) in [6.07, 6.45) is 2.22. The second-order valence-electron chi connectivity index (χ2n) is 6.49. The van der Waals surface area contributed by atoms with Crippen LogP contribution >= 0.6 is 12.4 Å². The predicted molar refractivity (Wildman–Crippen MR) is 109 cm³/mol. The van der Waals surface area contributed by atoms with E-state index in [1.165, 1.54) is 16.4 Å². The minimum absolute atomic E-state index is 0. The number of rotatable bonds is 8. The van der Waals surface area contributed by atoms with Gasteiger partial charge in [-0.25, -0.2) is 8.42 Å². The van der Waals surface area contributed by atoms with E-state index >= 15 is 0 Å². The van der Waals surface area contributed by atoms with Gasteiger partial charge in [-0.2, -0.15) is 4.31 Å². The molecule has 1 saturated heterocycles. The average Bonchev–Trinajstić information content (AvgIpc) is 2.63. The summed E-state index contributed by atoms with van der Waals surface area (Å²) in [4.78, 5) is 25.5. The van der Waals surface area contributed by atoms with Crippen molar-refractivity contribution < 1.29 is 23.1 Å². The zero-order chi connectivity index (χ0) is 20.0. The molecule has 1 aliphatic rings. The Morgan fingerprint density at radius 3 is 2.54 bits per heavy atom. The number of carboxylic acid groups (broad SMARTS) is 1. The van der Waals surface area contributed by atoms with Crippen LogP contribution < -0.4 is 5.32 Å². The van der Waals surface area contributed by atoms with E-state index in [0.717, 1.165) is 12.8 Å². The van der Waals surface area contributed by atoms with Crippen LogP contribution in [0, 0.1) is 0 Å². The molecular weight excluding hydrogens is 406 g/mol. The summed E-state index contributed by atoms with van der Waals surface area (Å²) < 4.78 is 26.6. The number of benzene rings is 1. The maximum atomic E-state index is 12.6. The molecule has 0 spiro atoms. The first-order valence-electron chi connectivity index (χ1n) is 9.16. The number of likely N-dealkylation sites (tertiary alicyclic amines) is 1. The number of piperidine rings is 1. The van der Waals surface area contributed by atoms with Gasteiger partial charge in [-0.3, -0.25) is 14.5 Å².